The van der Waals surface area contributed by atoms with Crippen molar-refractivity contribution in [3.05, 3.63) is 0 Å². The number of carbonyl (C=O) groups is 3. The van der Waals surface area contributed by atoms with E-state index < -0.39 is 42.7 Å². The van der Waals surface area contributed by atoms with Gasteiger partial charge in [-0.05, 0) is 33.6 Å². The number of rotatable bonds is 35. The Kier molecular flexibility index (Phi) is 31.1. The van der Waals surface area contributed by atoms with E-state index in [9.17, 15) is 29.7 Å². The van der Waals surface area contributed by atoms with E-state index in [0.717, 1.165) is 19.3 Å². The Morgan fingerprint density at radius 1 is 0.589 bits per heavy atom. The molecule has 1 rings (SSSR count). The van der Waals surface area contributed by atoms with Crippen molar-refractivity contribution in [2.45, 2.75) is 95.9 Å². The third-order valence-electron chi connectivity index (χ3n) is 7.84. The molecule has 56 heavy (non-hydrogen) atoms. The van der Waals surface area contributed by atoms with Crippen LogP contribution in [0.15, 0.2) is 0 Å². The summed E-state index contributed by atoms with van der Waals surface area (Å²) in [5.74, 6) is -0.613. The Morgan fingerprint density at radius 2 is 1.04 bits per heavy atom. The highest BCUT2D eigenvalue weighted by Crippen LogP contribution is 2.25. The SMILES string of the molecule is CC(=O)N[C@@H]1[C@@H](O)[C@@H](O)[C@@H](CO)O[C@@H]1CCCCCOCCOCCNC(=O)NCCOCCOCCOCCOCCOCCOCCC(=O)OC(C)(C)C. The molecule has 1 fully saturated rings. The Balaban J connectivity index is 1.79. The second-order valence-corrected chi connectivity index (χ2v) is 13.9. The van der Waals surface area contributed by atoms with Crippen LogP contribution in [0.25, 0.3) is 0 Å². The van der Waals surface area contributed by atoms with Gasteiger partial charge in [0.25, 0.3) is 0 Å². The summed E-state index contributed by atoms with van der Waals surface area (Å²) in [6.45, 7) is 13.8. The lowest BCUT2D eigenvalue weighted by Crippen LogP contribution is -2.63. The minimum Gasteiger partial charge on any atom is -0.460 e. The molecule has 3 amide bonds. The zero-order valence-corrected chi connectivity index (χ0v) is 34.0. The van der Waals surface area contributed by atoms with E-state index >= 15 is 0 Å². The van der Waals surface area contributed by atoms with E-state index in [-0.39, 0.29) is 24.3 Å². The van der Waals surface area contributed by atoms with Gasteiger partial charge in [0, 0.05) is 26.6 Å². The maximum atomic E-state index is 11.9. The van der Waals surface area contributed by atoms with Crippen LogP contribution in [0.2, 0.25) is 0 Å². The predicted octanol–water partition coefficient (Wildman–Crippen LogP) is -0.303. The molecule has 0 saturated carbocycles. The third kappa shape index (κ3) is 29.0. The van der Waals surface area contributed by atoms with E-state index in [2.05, 4.69) is 16.0 Å². The van der Waals surface area contributed by atoms with Crippen molar-refractivity contribution in [1.29, 1.82) is 0 Å². The van der Waals surface area contributed by atoms with Crippen LogP contribution in [0.1, 0.15) is 59.8 Å². The van der Waals surface area contributed by atoms with Crippen molar-refractivity contribution in [3.63, 3.8) is 0 Å². The Hall–Kier alpha value is -2.27. The van der Waals surface area contributed by atoms with E-state index in [1.165, 1.54) is 6.92 Å². The number of esters is 1. The largest absolute Gasteiger partial charge is 0.460 e. The fraction of sp³-hybridized carbons (Fsp3) is 0.919. The number of aliphatic hydroxyl groups is 3. The van der Waals surface area contributed by atoms with Gasteiger partial charge in [-0.1, -0.05) is 12.8 Å². The van der Waals surface area contributed by atoms with Crippen molar-refractivity contribution in [1.82, 2.24) is 16.0 Å². The highest BCUT2D eigenvalue weighted by Gasteiger charge is 2.44. The van der Waals surface area contributed by atoms with Gasteiger partial charge in [-0.25, -0.2) is 4.79 Å². The fourth-order valence-electron chi connectivity index (χ4n) is 5.19. The summed E-state index contributed by atoms with van der Waals surface area (Å²) in [6, 6.07) is -1.05. The Bertz CT molecular complexity index is 992. The van der Waals surface area contributed by atoms with Gasteiger partial charge in [0.05, 0.1) is 124 Å². The number of carbonyl (C=O) groups excluding carboxylic acids is 3. The number of hydrogen-bond acceptors (Lipinski definition) is 16. The first kappa shape index (κ1) is 51.7. The molecule has 1 aliphatic rings. The van der Waals surface area contributed by atoms with Crippen LogP contribution in [-0.2, 0) is 57.0 Å². The molecular formula is C37H71N3O16. The summed E-state index contributed by atoms with van der Waals surface area (Å²) in [6.07, 6.45) is -0.759. The summed E-state index contributed by atoms with van der Waals surface area (Å²) in [5.41, 5.74) is -0.490. The van der Waals surface area contributed by atoms with Crippen LogP contribution in [0.5, 0.6) is 0 Å². The molecule has 1 heterocycles. The van der Waals surface area contributed by atoms with Gasteiger partial charge in [0.15, 0.2) is 0 Å². The zero-order valence-electron chi connectivity index (χ0n) is 34.0. The van der Waals surface area contributed by atoms with Crippen molar-refractivity contribution in [2.24, 2.45) is 0 Å². The van der Waals surface area contributed by atoms with E-state index in [1.54, 1.807) is 0 Å². The molecule has 6 N–H and O–H groups in total. The molecule has 5 atom stereocenters. The lowest BCUT2D eigenvalue weighted by atomic mass is 9.90. The monoisotopic (exact) mass is 813 g/mol. The Morgan fingerprint density at radius 3 is 1.48 bits per heavy atom. The molecule has 0 unspecified atom stereocenters. The average Bonchev–Trinajstić information content (AvgIpc) is 3.14. The van der Waals surface area contributed by atoms with Gasteiger partial charge in [-0.3, -0.25) is 9.59 Å². The molecular weight excluding hydrogens is 742 g/mol. The van der Waals surface area contributed by atoms with Gasteiger partial charge in [-0.2, -0.15) is 0 Å². The van der Waals surface area contributed by atoms with Crippen molar-refractivity contribution < 1.29 is 77.1 Å². The standard InChI is InChI=1S/C37H71N3O16/c1-29(42)40-33-30(55-31(28-41)34(44)35(33)45)8-6-5-7-12-47-16-18-49-14-10-38-36(46)39-11-15-50-19-21-52-23-25-54-27-26-53-24-22-51-20-17-48-13-9-32(43)56-37(2,3)4/h30-31,33-35,41,44-45H,5-28H2,1-4H3,(H,40,42)(H2,38,39,46)/t30-,31-,33+,34+,35-/m1/s1. The van der Waals surface area contributed by atoms with Crippen molar-refractivity contribution in [2.75, 3.05) is 125 Å². The fourth-order valence-corrected chi connectivity index (χ4v) is 5.19. The maximum absolute atomic E-state index is 11.9. The van der Waals surface area contributed by atoms with Gasteiger partial charge in [0.2, 0.25) is 5.91 Å². The molecule has 1 aliphatic heterocycles. The van der Waals surface area contributed by atoms with Crippen LogP contribution in [-0.4, -0.2) is 195 Å². The number of hydrogen-bond donors (Lipinski definition) is 6. The normalized spacial score (nSPS) is 19.8. The number of urea groups is 1. The highest BCUT2D eigenvalue weighted by atomic mass is 16.6. The maximum Gasteiger partial charge on any atom is 0.314 e. The Labute approximate surface area is 332 Å². The quantitative estimate of drug-likeness (QED) is 0.0356. The average molecular weight is 814 g/mol. The second-order valence-electron chi connectivity index (χ2n) is 13.9. The molecule has 0 radical (unpaired) electrons. The molecule has 0 bridgehead atoms. The molecule has 1 saturated heterocycles. The molecule has 0 aliphatic carbocycles. The summed E-state index contributed by atoms with van der Waals surface area (Å²) in [4.78, 5) is 35.0. The van der Waals surface area contributed by atoms with Crippen LogP contribution in [0.3, 0.4) is 0 Å². The molecule has 0 aromatic heterocycles. The highest BCUT2D eigenvalue weighted by molar-refractivity contribution is 5.74. The lowest BCUT2D eigenvalue weighted by molar-refractivity contribution is -0.196. The second kappa shape index (κ2) is 33.7. The van der Waals surface area contributed by atoms with E-state index in [1.807, 2.05) is 20.8 Å². The molecule has 19 nitrogen and oxygen atoms in total. The molecule has 0 aromatic carbocycles. The van der Waals surface area contributed by atoms with Crippen LogP contribution < -0.4 is 16.0 Å². The summed E-state index contributed by atoms with van der Waals surface area (Å²) in [7, 11) is 0. The molecule has 0 aromatic rings. The number of aliphatic hydroxyl groups excluding tert-OH is 3. The number of nitrogens with one attached hydrogen (secondary N) is 3. The lowest BCUT2D eigenvalue weighted by Gasteiger charge is -2.42. The summed E-state index contributed by atoms with van der Waals surface area (Å²) >= 11 is 0. The van der Waals surface area contributed by atoms with Gasteiger partial charge in [0.1, 0.15) is 23.9 Å². The van der Waals surface area contributed by atoms with Crippen molar-refractivity contribution in [3.8, 4) is 0 Å². The topological polar surface area (TPSA) is 240 Å². The first-order valence-corrected chi connectivity index (χ1v) is 19.7. The van der Waals surface area contributed by atoms with Crippen LogP contribution >= 0.6 is 0 Å². The minimum absolute atomic E-state index is 0.214. The predicted molar refractivity (Wildman–Crippen MR) is 202 cm³/mol. The smallest absolute Gasteiger partial charge is 0.314 e. The van der Waals surface area contributed by atoms with E-state index in [0.29, 0.717) is 125 Å². The number of ether oxygens (including phenoxy) is 10. The van der Waals surface area contributed by atoms with E-state index in [4.69, 9.17) is 47.4 Å². The van der Waals surface area contributed by atoms with Crippen molar-refractivity contribution >= 4 is 17.9 Å². The first-order valence-electron chi connectivity index (χ1n) is 19.7. The third-order valence-corrected chi connectivity index (χ3v) is 7.84. The molecule has 330 valence electrons. The van der Waals surface area contributed by atoms with Gasteiger partial charge >= 0.3 is 12.0 Å². The van der Waals surface area contributed by atoms with Crippen LogP contribution in [0.4, 0.5) is 4.79 Å². The zero-order chi connectivity index (χ0) is 41.3. The van der Waals surface area contributed by atoms with Gasteiger partial charge in [-0.15, -0.1) is 0 Å². The number of amides is 3. The molecule has 0 spiro atoms. The minimum atomic E-state index is -1.28. The number of unbranched alkanes of at least 4 members (excludes halogenated alkanes) is 2. The van der Waals surface area contributed by atoms with Gasteiger partial charge < -0.3 is 78.6 Å². The molecule has 19 heteroatoms. The van der Waals surface area contributed by atoms with Crippen LogP contribution in [0, 0.1) is 0 Å². The summed E-state index contributed by atoms with van der Waals surface area (Å²) in [5, 5.41) is 38.0. The summed E-state index contributed by atoms with van der Waals surface area (Å²) < 4.78 is 54.6. The first-order chi connectivity index (χ1) is 26.9.